The molecule has 140 valence electrons. The van der Waals surface area contributed by atoms with Gasteiger partial charge in [0, 0.05) is 39.6 Å². The zero-order valence-corrected chi connectivity index (χ0v) is 15.4. The fourth-order valence-electron chi connectivity index (χ4n) is 3.20. The van der Waals surface area contributed by atoms with Gasteiger partial charge in [-0.25, -0.2) is 0 Å². The van der Waals surface area contributed by atoms with Gasteiger partial charge in [-0.3, -0.25) is 19.3 Å². The lowest BCUT2D eigenvalue weighted by Gasteiger charge is -2.27. The smallest absolute Gasteiger partial charge is 0.240 e. The van der Waals surface area contributed by atoms with Gasteiger partial charge in [-0.15, -0.1) is 0 Å². The normalized spacial score (nSPS) is 19.7. The summed E-state index contributed by atoms with van der Waals surface area (Å²) in [5.74, 6) is -0.824. The number of ether oxygens (including phenoxy) is 1. The number of likely N-dealkylation sites (tertiary alicyclic amines) is 1. The number of carbonyl (C=O) groups is 3. The zero-order chi connectivity index (χ0) is 19.2. The summed E-state index contributed by atoms with van der Waals surface area (Å²) in [5.41, 5.74) is 0.366. The number of hydrogen-bond acceptors (Lipinski definition) is 4. The number of nitrogens with zero attached hydrogens (tertiary/aromatic N) is 1. The lowest BCUT2D eigenvalue weighted by Crippen LogP contribution is -2.42. The van der Waals surface area contributed by atoms with Crippen LogP contribution in [-0.2, 0) is 24.5 Å². The molecule has 1 heterocycles. The van der Waals surface area contributed by atoms with E-state index in [9.17, 15) is 14.4 Å². The molecule has 26 heavy (non-hydrogen) atoms. The van der Waals surface area contributed by atoms with Crippen molar-refractivity contribution in [3.8, 4) is 0 Å². The van der Waals surface area contributed by atoms with Crippen LogP contribution < -0.4 is 5.32 Å². The van der Waals surface area contributed by atoms with Crippen LogP contribution in [0.4, 0.5) is 0 Å². The highest BCUT2D eigenvalue weighted by Crippen LogP contribution is 2.39. The van der Waals surface area contributed by atoms with E-state index in [0.717, 1.165) is 5.57 Å². The molecule has 1 N–H and O–H groups in total. The van der Waals surface area contributed by atoms with E-state index in [0.29, 0.717) is 31.7 Å². The second-order valence-corrected chi connectivity index (χ2v) is 6.73. The minimum atomic E-state index is -1.15. The standard InChI is InChI=1S/C20H26N2O4/c1-15(2)14-21-17(23)12-20(16-8-5-4-6-9-16)13-18(24)22(19(20)25)10-7-11-26-3/h4-6,8-9H,1,7,10-14H2,2-3H3,(H,21,23)/t20-/m0/s1. The van der Waals surface area contributed by atoms with Gasteiger partial charge in [-0.05, 0) is 18.9 Å². The van der Waals surface area contributed by atoms with E-state index in [1.54, 1.807) is 19.2 Å². The third kappa shape index (κ3) is 4.38. The molecule has 0 aliphatic carbocycles. The van der Waals surface area contributed by atoms with Crippen molar-refractivity contribution in [3.63, 3.8) is 0 Å². The molecule has 1 atom stereocenters. The molecule has 2 rings (SSSR count). The van der Waals surface area contributed by atoms with E-state index < -0.39 is 5.41 Å². The van der Waals surface area contributed by atoms with Crippen LogP contribution in [0.15, 0.2) is 42.5 Å². The Bertz CT molecular complexity index is 686. The molecule has 0 spiro atoms. The maximum atomic E-state index is 13.2. The van der Waals surface area contributed by atoms with Crippen molar-refractivity contribution in [2.75, 3.05) is 26.8 Å². The molecule has 6 heteroatoms. The fraction of sp³-hybridized carbons (Fsp3) is 0.450. The molecule has 1 saturated heterocycles. The van der Waals surface area contributed by atoms with Crippen LogP contribution in [0.25, 0.3) is 0 Å². The summed E-state index contributed by atoms with van der Waals surface area (Å²) in [6.45, 7) is 6.69. The number of amides is 3. The maximum absolute atomic E-state index is 13.2. The Balaban J connectivity index is 2.27. The predicted octanol–water partition coefficient (Wildman–Crippen LogP) is 1.80. The van der Waals surface area contributed by atoms with E-state index >= 15 is 0 Å². The lowest BCUT2D eigenvalue weighted by molar-refractivity contribution is -0.141. The van der Waals surface area contributed by atoms with E-state index in [1.165, 1.54) is 4.90 Å². The molecule has 6 nitrogen and oxygen atoms in total. The first-order valence-corrected chi connectivity index (χ1v) is 8.71. The van der Waals surface area contributed by atoms with Crippen LogP contribution >= 0.6 is 0 Å². The second-order valence-electron chi connectivity index (χ2n) is 6.73. The highest BCUT2D eigenvalue weighted by atomic mass is 16.5. The number of imide groups is 1. The Labute approximate surface area is 154 Å². The van der Waals surface area contributed by atoms with E-state index in [4.69, 9.17) is 4.74 Å². The molecule has 1 aromatic carbocycles. The highest BCUT2D eigenvalue weighted by Gasteiger charge is 2.53. The molecular weight excluding hydrogens is 332 g/mol. The Hall–Kier alpha value is -2.47. The van der Waals surface area contributed by atoms with Crippen molar-refractivity contribution in [2.24, 2.45) is 0 Å². The van der Waals surface area contributed by atoms with Crippen molar-refractivity contribution in [2.45, 2.75) is 31.6 Å². The molecule has 1 aliphatic rings. The van der Waals surface area contributed by atoms with Crippen molar-refractivity contribution < 1.29 is 19.1 Å². The number of methoxy groups -OCH3 is 1. The molecule has 1 fully saturated rings. The first kappa shape index (κ1) is 19.8. The lowest BCUT2D eigenvalue weighted by atomic mass is 9.75. The van der Waals surface area contributed by atoms with Crippen molar-refractivity contribution in [1.29, 1.82) is 0 Å². The fourth-order valence-corrected chi connectivity index (χ4v) is 3.20. The number of carbonyl (C=O) groups excluding carboxylic acids is 3. The SMILES string of the molecule is C=C(C)CNC(=O)C[C@@]1(c2ccccc2)CC(=O)N(CCCOC)C1=O. The van der Waals surface area contributed by atoms with E-state index in [-0.39, 0.29) is 30.6 Å². The summed E-state index contributed by atoms with van der Waals surface area (Å²) >= 11 is 0. The largest absolute Gasteiger partial charge is 0.385 e. The van der Waals surface area contributed by atoms with Gasteiger partial charge in [-0.1, -0.05) is 42.5 Å². The summed E-state index contributed by atoms with van der Waals surface area (Å²) < 4.78 is 5.01. The summed E-state index contributed by atoms with van der Waals surface area (Å²) in [5, 5.41) is 2.77. The molecule has 3 amide bonds. The average molecular weight is 358 g/mol. The number of benzene rings is 1. The number of rotatable bonds is 9. The predicted molar refractivity (Wildman–Crippen MR) is 98.4 cm³/mol. The summed E-state index contributed by atoms with van der Waals surface area (Å²) in [6.07, 6.45) is 0.514. The molecule has 0 bridgehead atoms. The first-order valence-electron chi connectivity index (χ1n) is 8.71. The van der Waals surface area contributed by atoms with Crippen LogP contribution in [0, 0.1) is 0 Å². The third-order valence-electron chi connectivity index (χ3n) is 4.51. The van der Waals surface area contributed by atoms with Gasteiger partial charge in [0.05, 0.1) is 5.41 Å². The van der Waals surface area contributed by atoms with Crippen molar-refractivity contribution in [1.82, 2.24) is 10.2 Å². The minimum Gasteiger partial charge on any atom is -0.385 e. The van der Waals surface area contributed by atoms with Gasteiger partial charge >= 0.3 is 0 Å². The third-order valence-corrected chi connectivity index (χ3v) is 4.51. The van der Waals surface area contributed by atoms with Gasteiger partial charge in [0.25, 0.3) is 0 Å². The molecule has 1 aliphatic heterocycles. The molecular formula is C20H26N2O4. The topological polar surface area (TPSA) is 75.7 Å². The highest BCUT2D eigenvalue weighted by molar-refractivity contribution is 6.10. The van der Waals surface area contributed by atoms with Crippen LogP contribution in [0.3, 0.4) is 0 Å². The monoisotopic (exact) mass is 358 g/mol. The van der Waals surface area contributed by atoms with Gasteiger partial charge < -0.3 is 10.1 Å². The second kappa shape index (κ2) is 8.76. The van der Waals surface area contributed by atoms with Gasteiger partial charge in [0.15, 0.2) is 0 Å². The Morgan fingerprint density at radius 2 is 2.00 bits per heavy atom. The molecule has 1 aromatic rings. The van der Waals surface area contributed by atoms with Crippen LogP contribution in [0.5, 0.6) is 0 Å². The summed E-state index contributed by atoms with van der Waals surface area (Å²) in [7, 11) is 1.58. The van der Waals surface area contributed by atoms with Crippen LogP contribution in [0.2, 0.25) is 0 Å². The average Bonchev–Trinajstić information content (AvgIpc) is 2.86. The summed E-state index contributed by atoms with van der Waals surface area (Å²) in [4.78, 5) is 39.4. The summed E-state index contributed by atoms with van der Waals surface area (Å²) in [6, 6.07) is 9.07. The van der Waals surface area contributed by atoms with E-state index in [1.807, 2.05) is 25.1 Å². The van der Waals surface area contributed by atoms with E-state index in [2.05, 4.69) is 11.9 Å². The Kier molecular flexibility index (Phi) is 6.69. The minimum absolute atomic E-state index is 0.00329. The van der Waals surface area contributed by atoms with Crippen LogP contribution in [-0.4, -0.2) is 49.4 Å². The number of hydrogen-bond donors (Lipinski definition) is 1. The first-order chi connectivity index (χ1) is 12.4. The van der Waals surface area contributed by atoms with Crippen LogP contribution in [0.1, 0.15) is 31.7 Å². The molecule has 0 radical (unpaired) electrons. The van der Waals surface area contributed by atoms with Gasteiger partial charge in [-0.2, -0.15) is 0 Å². The van der Waals surface area contributed by atoms with Crippen molar-refractivity contribution in [3.05, 3.63) is 48.0 Å². The molecule has 0 saturated carbocycles. The Morgan fingerprint density at radius 1 is 1.31 bits per heavy atom. The molecule has 0 aromatic heterocycles. The maximum Gasteiger partial charge on any atom is 0.240 e. The van der Waals surface area contributed by atoms with Crippen molar-refractivity contribution >= 4 is 17.7 Å². The van der Waals surface area contributed by atoms with Gasteiger partial charge in [0.1, 0.15) is 0 Å². The zero-order valence-electron chi connectivity index (χ0n) is 15.4. The molecule has 0 unspecified atom stereocenters. The number of nitrogens with one attached hydrogen (secondary N) is 1. The Morgan fingerprint density at radius 3 is 2.62 bits per heavy atom. The van der Waals surface area contributed by atoms with Gasteiger partial charge in [0.2, 0.25) is 17.7 Å². The quantitative estimate of drug-likeness (QED) is 0.415.